The third kappa shape index (κ3) is 5.30. The largest absolute Gasteiger partial charge is 0.450 e. The third-order valence-electron chi connectivity index (χ3n) is 4.01. The summed E-state index contributed by atoms with van der Waals surface area (Å²) in [4.78, 5) is 33.1. The third-order valence-corrected chi connectivity index (χ3v) is 4.01. The van der Waals surface area contributed by atoms with E-state index >= 15 is 0 Å². The van der Waals surface area contributed by atoms with Crippen molar-refractivity contribution < 1.29 is 32.5 Å². The maximum atomic E-state index is 12.9. The number of hydrogen-bond acceptors (Lipinski definition) is 8. The molecule has 1 saturated heterocycles. The van der Waals surface area contributed by atoms with Crippen molar-refractivity contribution in [2.45, 2.75) is 25.9 Å². The fraction of sp³-hybridized carbons (Fsp3) is 0.467. The molecule has 1 aromatic carbocycles. The number of halogens is 3. The number of hydrazone groups is 1. The van der Waals surface area contributed by atoms with Crippen molar-refractivity contribution >= 4 is 28.9 Å². The first-order valence-corrected chi connectivity index (χ1v) is 8.31. The van der Waals surface area contributed by atoms with Gasteiger partial charge in [0, 0.05) is 43.8 Å². The number of anilines is 1. The summed E-state index contributed by atoms with van der Waals surface area (Å²) in [6, 6.07) is 0.414. The first-order valence-electron chi connectivity index (χ1n) is 8.31. The van der Waals surface area contributed by atoms with Crippen LogP contribution in [0.4, 0.5) is 35.0 Å². The molecule has 0 atom stereocenters. The van der Waals surface area contributed by atoms with Gasteiger partial charge in [0.25, 0.3) is 0 Å². The average Bonchev–Trinajstić information content (AvgIpc) is 2.65. The van der Waals surface area contributed by atoms with Crippen molar-refractivity contribution in [1.29, 1.82) is 0 Å². The normalized spacial score (nSPS) is 14.3. The van der Waals surface area contributed by atoms with Gasteiger partial charge in [-0.3, -0.25) is 25.7 Å². The summed E-state index contributed by atoms with van der Waals surface area (Å²) >= 11 is 0. The van der Waals surface area contributed by atoms with E-state index in [9.17, 15) is 38.2 Å². The number of carbonyl (C=O) groups excluding carboxylic acids is 1. The van der Waals surface area contributed by atoms with E-state index in [4.69, 9.17) is 4.74 Å². The van der Waals surface area contributed by atoms with Gasteiger partial charge in [0.05, 0.1) is 22.0 Å². The second-order valence-electron chi connectivity index (χ2n) is 5.88. The number of nitro groups is 2. The summed E-state index contributed by atoms with van der Waals surface area (Å²) in [7, 11) is 0. The lowest BCUT2D eigenvalue weighted by Crippen LogP contribution is -2.39. The highest BCUT2D eigenvalue weighted by molar-refractivity contribution is 5.88. The topological polar surface area (TPSA) is 140 Å². The summed E-state index contributed by atoms with van der Waals surface area (Å²) in [6.07, 6.45) is -4.99. The summed E-state index contributed by atoms with van der Waals surface area (Å²) in [5, 5.41) is 26.2. The average molecular weight is 419 g/mol. The molecule has 1 fully saturated rings. The summed E-state index contributed by atoms with van der Waals surface area (Å²) < 4.78 is 43.6. The van der Waals surface area contributed by atoms with Gasteiger partial charge in [0.1, 0.15) is 0 Å². The first-order chi connectivity index (χ1) is 13.5. The molecule has 2 rings (SSSR count). The molecule has 1 amide bonds. The molecule has 0 aliphatic carbocycles. The Balaban J connectivity index is 2.28. The molecule has 0 unspecified atom stereocenters. The van der Waals surface area contributed by atoms with Gasteiger partial charge in [-0.2, -0.15) is 18.3 Å². The minimum Gasteiger partial charge on any atom is -0.450 e. The van der Waals surface area contributed by atoms with Crippen LogP contribution in [-0.2, 0) is 10.9 Å². The maximum absolute atomic E-state index is 12.9. The van der Waals surface area contributed by atoms with Crippen LogP contribution in [0.5, 0.6) is 0 Å². The summed E-state index contributed by atoms with van der Waals surface area (Å²) in [5.74, 6) is 0. The number of benzene rings is 1. The van der Waals surface area contributed by atoms with Gasteiger partial charge < -0.3 is 9.64 Å². The number of alkyl halides is 3. The van der Waals surface area contributed by atoms with Crippen LogP contribution in [0.25, 0.3) is 0 Å². The summed E-state index contributed by atoms with van der Waals surface area (Å²) in [5.41, 5.74) is -1.92. The zero-order valence-corrected chi connectivity index (χ0v) is 15.1. The molecular formula is C15H16F3N5O6. The van der Waals surface area contributed by atoms with E-state index in [-0.39, 0.29) is 44.7 Å². The fourth-order valence-corrected chi connectivity index (χ4v) is 2.59. The number of nitrogens with one attached hydrogen (secondary N) is 1. The highest BCUT2D eigenvalue weighted by Crippen LogP contribution is 2.41. The number of nitro benzene ring substituents is 2. The molecule has 0 radical (unpaired) electrons. The van der Waals surface area contributed by atoms with Crippen molar-refractivity contribution in [1.82, 2.24) is 4.90 Å². The van der Waals surface area contributed by atoms with Crippen molar-refractivity contribution in [2.24, 2.45) is 5.10 Å². The Morgan fingerprint density at radius 2 is 1.72 bits per heavy atom. The minimum absolute atomic E-state index is 0.207. The zero-order chi connectivity index (χ0) is 21.8. The molecule has 0 spiro atoms. The van der Waals surface area contributed by atoms with Gasteiger partial charge in [0.2, 0.25) is 5.69 Å². The van der Waals surface area contributed by atoms with Crippen molar-refractivity contribution in [3.8, 4) is 0 Å². The van der Waals surface area contributed by atoms with Gasteiger partial charge in [-0.05, 0) is 6.92 Å². The molecule has 1 heterocycles. The monoisotopic (exact) mass is 419 g/mol. The molecule has 14 heteroatoms. The Morgan fingerprint density at radius 1 is 1.21 bits per heavy atom. The van der Waals surface area contributed by atoms with Crippen LogP contribution in [0, 0.1) is 20.2 Å². The molecule has 158 valence electrons. The number of likely N-dealkylation sites (tertiary alicyclic amines) is 1. The van der Waals surface area contributed by atoms with E-state index in [0.29, 0.717) is 5.71 Å². The van der Waals surface area contributed by atoms with E-state index in [0.717, 1.165) is 0 Å². The van der Waals surface area contributed by atoms with E-state index in [2.05, 4.69) is 10.5 Å². The predicted molar refractivity (Wildman–Crippen MR) is 93.6 cm³/mol. The van der Waals surface area contributed by atoms with Gasteiger partial charge in [-0.15, -0.1) is 0 Å². The van der Waals surface area contributed by atoms with Crippen molar-refractivity contribution in [2.75, 3.05) is 25.1 Å². The molecule has 1 N–H and O–H groups in total. The summed E-state index contributed by atoms with van der Waals surface area (Å²) in [6.45, 7) is 2.36. The second kappa shape index (κ2) is 8.70. The van der Waals surface area contributed by atoms with Crippen molar-refractivity contribution in [3.63, 3.8) is 0 Å². The molecular weight excluding hydrogens is 403 g/mol. The quantitative estimate of drug-likeness (QED) is 0.568. The highest BCUT2D eigenvalue weighted by Gasteiger charge is 2.37. The number of nitrogens with zero attached hydrogens (tertiary/aromatic N) is 4. The lowest BCUT2D eigenvalue weighted by molar-refractivity contribution is -0.392. The molecule has 1 aromatic rings. The lowest BCUT2D eigenvalue weighted by Gasteiger charge is -2.26. The van der Waals surface area contributed by atoms with Crippen molar-refractivity contribution in [3.05, 3.63) is 37.9 Å². The molecule has 0 aromatic heterocycles. The van der Waals surface area contributed by atoms with E-state index < -0.39 is 44.7 Å². The maximum Gasteiger partial charge on any atom is 0.416 e. The number of ether oxygens (including phenoxy) is 1. The highest BCUT2D eigenvalue weighted by atomic mass is 19.4. The van der Waals surface area contributed by atoms with Gasteiger partial charge in [0.15, 0.2) is 0 Å². The molecule has 1 aliphatic rings. The number of rotatable bonds is 5. The predicted octanol–water partition coefficient (Wildman–Crippen LogP) is 3.54. The van der Waals surface area contributed by atoms with Crippen LogP contribution in [0.15, 0.2) is 17.2 Å². The van der Waals surface area contributed by atoms with E-state index in [1.807, 2.05) is 0 Å². The number of amides is 1. The number of hydrogen-bond donors (Lipinski definition) is 1. The number of piperidine rings is 1. The Bertz CT molecular complexity index is 812. The molecule has 0 bridgehead atoms. The van der Waals surface area contributed by atoms with Gasteiger partial charge in [-0.25, -0.2) is 4.79 Å². The fourth-order valence-electron chi connectivity index (χ4n) is 2.59. The molecule has 11 nitrogen and oxygen atoms in total. The zero-order valence-electron chi connectivity index (χ0n) is 15.1. The van der Waals surface area contributed by atoms with Crippen LogP contribution < -0.4 is 5.43 Å². The Labute approximate surface area is 161 Å². The van der Waals surface area contributed by atoms with Crippen LogP contribution in [-0.4, -0.2) is 46.2 Å². The van der Waals surface area contributed by atoms with Crippen LogP contribution in [0.2, 0.25) is 0 Å². The second-order valence-corrected chi connectivity index (χ2v) is 5.88. The van der Waals surface area contributed by atoms with Gasteiger partial charge >= 0.3 is 23.6 Å². The Morgan fingerprint density at radius 3 is 2.14 bits per heavy atom. The first kappa shape index (κ1) is 21.8. The molecule has 29 heavy (non-hydrogen) atoms. The van der Waals surface area contributed by atoms with Crippen LogP contribution >= 0.6 is 0 Å². The number of carbonyl (C=O) groups is 1. The molecule has 0 saturated carbocycles. The molecule has 1 aliphatic heterocycles. The van der Waals surface area contributed by atoms with E-state index in [1.165, 1.54) is 4.90 Å². The lowest BCUT2D eigenvalue weighted by atomic mass is 10.1. The SMILES string of the molecule is CCOC(=O)N1CCC(=NNc2c([N+](=O)[O-])cc(C(F)(F)F)cc2[N+](=O)[O-])CC1. The standard InChI is InChI=1S/C15H16F3N5O6/c1-2-29-14(24)21-5-3-10(4-6-21)19-20-13-11(22(25)26)7-9(15(16,17)18)8-12(13)23(27)28/h7-8,20H,2-6H2,1H3. The van der Waals surface area contributed by atoms with Crippen LogP contribution in [0.1, 0.15) is 25.3 Å². The minimum atomic E-state index is -5.00. The van der Waals surface area contributed by atoms with Gasteiger partial charge in [-0.1, -0.05) is 0 Å². The van der Waals surface area contributed by atoms with Crippen LogP contribution in [0.3, 0.4) is 0 Å². The smallest absolute Gasteiger partial charge is 0.416 e. The Kier molecular flexibility index (Phi) is 6.56. The Hall–Kier alpha value is -3.45. The van der Waals surface area contributed by atoms with E-state index in [1.54, 1.807) is 6.92 Å².